The van der Waals surface area contributed by atoms with Crippen molar-refractivity contribution in [3.63, 3.8) is 0 Å². The van der Waals surface area contributed by atoms with Crippen LogP contribution in [-0.2, 0) is 22.4 Å². The standard InChI is InChI=1S/C31H30N4O4/c1-18(29(36)32-16-15-19-11-13-20(39-2)14-12-19)33-30(37)26-17-24-21-7-5-6-10-25(21)34-27(24)28-22-8-3-4-9-23(22)31(38)35(26)28/h3-14,18,26,28,34H,15-17H2,1-2H3,(H,32,36)(H,33,37)/t18-,26-,28+/m0/s1. The van der Waals surface area contributed by atoms with Crippen molar-refractivity contribution in [1.29, 1.82) is 0 Å². The van der Waals surface area contributed by atoms with Gasteiger partial charge in [-0.05, 0) is 54.3 Å². The number of amides is 3. The first-order chi connectivity index (χ1) is 19.0. The molecule has 39 heavy (non-hydrogen) atoms. The lowest BCUT2D eigenvalue weighted by molar-refractivity contribution is -0.131. The van der Waals surface area contributed by atoms with E-state index in [1.54, 1.807) is 18.9 Å². The second-order valence-electron chi connectivity index (χ2n) is 10.1. The molecule has 8 nitrogen and oxygen atoms in total. The largest absolute Gasteiger partial charge is 0.497 e. The van der Waals surface area contributed by atoms with Gasteiger partial charge in [0.1, 0.15) is 17.8 Å². The van der Waals surface area contributed by atoms with Crippen LogP contribution in [0.25, 0.3) is 10.9 Å². The van der Waals surface area contributed by atoms with Crippen molar-refractivity contribution >= 4 is 28.6 Å². The normalized spacial score (nSPS) is 18.2. The number of nitrogens with zero attached hydrogens (tertiary/aromatic N) is 1. The molecule has 8 heteroatoms. The average molecular weight is 523 g/mol. The highest BCUT2D eigenvalue weighted by atomic mass is 16.5. The minimum Gasteiger partial charge on any atom is -0.497 e. The van der Waals surface area contributed by atoms with E-state index in [0.29, 0.717) is 24.9 Å². The van der Waals surface area contributed by atoms with Gasteiger partial charge in [-0.1, -0.05) is 48.5 Å². The van der Waals surface area contributed by atoms with Gasteiger partial charge in [-0.2, -0.15) is 0 Å². The Morgan fingerprint density at radius 2 is 1.79 bits per heavy atom. The molecular formula is C31H30N4O4. The zero-order valence-electron chi connectivity index (χ0n) is 21.9. The van der Waals surface area contributed by atoms with Gasteiger partial charge in [0.15, 0.2) is 0 Å². The molecule has 3 amide bonds. The highest BCUT2D eigenvalue weighted by molar-refractivity contribution is 6.04. The Bertz CT molecular complexity index is 1580. The smallest absolute Gasteiger partial charge is 0.255 e. The van der Waals surface area contributed by atoms with E-state index in [4.69, 9.17) is 4.74 Å². The van der Waals surface area contributed by atoms with Crippen LogP contribution in [0, 0.1) is 0 Å². The maximum atomic E-state index is 13.7. The first-order valence-electron chi connectivity index (χ1n) is 13.2. The summed E-state index contributed by atoms with van der Waals surface area (Å²) in [6.45, 7) is 2.11. The number of methoxy groups -OCH3 is 1. The minimum absolute atomic E-state index is 0.170. The van der Waals surface area contributed by atoms with Gasteiger partial charge >= 0.3 is 0 Å². The second-order valence-corrected chi connectivity index (χ2v) is 10.1. The molecule has 198 valence electrons. The van der Waals surface area contributed by atoms with Gasteiger partial charge in [0, 0.05) is 35.1 Å². The molecule has 0 unspecified atom stereocenters. The fraction of sp³-hybridized carbons (Fsp3) is 0.258. The van der Waals surface area contributed by atoms with Crippen LogP contribution in [0.3, 0.4) is 0 Å². The Balaban J connectivity index is 1.19. The molecule has 0 fully saturated rings. The zero-order valence-corrected chi connectivity index (χ0v) is 21.9. The van der Waals surface area contributed by atoms with Crippen molar-refractivity contribution < 1.29 is 19.1 Å². The first kappa shape index (κ1) is 24.7. The van der Waals surface area contributed by atoms with Crippen LogP contribution >= 0.6 is 0 Å². The lowest BCUT2D eigenvalue weighted by Gasteiger charge is -2.37. The minimum atomic E-state index is -0.753. The first-order valence-corrected chi connectivity index (χ1v) is 13.2. The predicted molar refractivity (Wildman–Crippen MR) is 148 cm³/mol. The molecule has 4 aromatic rings. The van der Waals surface area contributed by atoms with E-state index in [-0.39, 0.29) is 23.8 Å². The summed E-state index contributed by atoms with van der Waals surface area (Å²) in [6.07, 6.45) is 1.03. The number of ether oxygens (including phenoxy) is 1. The van der Waals surface area contributed by atoms with Gasteiger partial charge in [-0.25, -0.2) is 0 Å². The van der Waals surface area contributed by atoms with E-state index in [1.165, 1.54) is 0 Å². The van der Waals surface area contributed by atoms with Crippen LogP contribution < -0.4 is 15.4 Å². The number of benzene rings is 3. The van der Waals surface area contributed by atoms with Crippen LogP contribution in [0.5, 0.6) is 5.75 Å². The third-order valence-electron chi connectivity index (χ3n) is 7.78. The number of carbonyl (C=O) groups excluding carboxylic acids is 3. The van der Waals surface area contributed by atoms with Crippen molar-refractivity contribution in [2.45, 2.75) is 37.9 Å². The molecule has 0 saturated carbocycles. The number of nitrogens with one attached hydrogen (secondary N) is 3. The summed E-state index contributed by atoms with van der Waals surface area (Å²) < 4.78 is 5.18. The van der Waals surface area contributed by atoms with Crippen molar-refractivity contribution in [1.82, 2.24) is 20.5 Å². The Kier molecular flexibility index (Phi) is 6.30. The van der Waals surface area contributed by atoms with E-state index >= 15 is 0 Å². The van der Waals surface area contributed by atoms with E-state index in [2.05, 4.69) is 15.6 Å². The Morgan fingerprint density at radius 1 is 1.05 bits per heavy atom. The van der Waals surface area contributed by atoms with Crippen LogP contribution in [0.1, 0.15) is 45.7 Å². The van der Waals surface area contributed by atoms with Crippen molar-refractivity contribution in [3.05, 3.63) is 101 Å². The zero-order chi connectivity index (χ0) is 27.1. The molecular weight excluding hydrogens is 492 g/mol. The SMILES string of the molecule is COc1ccc(CCNC(=O)[C@H](C)NC(=O)[C@@H]2Cc3c([nH]c4ccccc34)[C@H]3c4ccccc4C(=O)N32)cc1. The summed E-state index contributed by atoms with van der Waals surface area (Å²) in [5.74, 6) is 0.00277. The number of rotatable bonds is 7. The molecule has 6 rings (SSSR count). The lowest BCUT2D eigenvalue weighted by atomic mass is 9.90. The number of hydrogen-bond donors (Lipinski definition) is 3. The van der Waals surface area contributed by atoms with Gasteiger partial charge in [0.05, 0.1) is 13.2 Å². The summed E-state index contributed by atoms with van der Waals surface area (Å²) in [5.41, 5.74) is 5.52. The van der Waals surface area contributed by atoms with Gasteiger partial charge < -0.3 is 25.3 Å². The van der Waals surface area contributed by atoms with Crippen molar-refractivity contribution in [3.8, 4) is 5.75 Å². The molecule has 3 N–H and O–H groups in total. The molecule has 0 aliphatic carbocycles. The number of aromatic amines is 1. The van der Waals surface area contributed by atoms with Gasteiger partial charge in [0.2, 0.25) is 11.8 Å². The maximum absolute atomic E-state index is 13.7. The molecule has 3 atom stereocenters. The lowest BCUT2D eigenvalue weighted by Crippen LogP contribution is -2.56. The average Bonchev–Trinajstić information content (AvgIpc) is 3.48. The summed E-state index contributed by atoms with van der Waals surface area (Å²) in [7, 11) is 1.62. The van der Waals surface area contributed by atoms with Crippen molar-refractivity contribution in [2.75, 3.05) is 13.7 Å². The number of para-hydroxylation sites is 1. The highest BCUT2D eigenvalue weighted by Gasteiger charge is 2.49. The highest BCUT2D eigenvalue weighted by Crippen LogP contribution is 2.46. The van der Waals surface area contributed by atoms with Crippen LogP contribution in [-0.4, -0.2) is 53.3 Å². The van der Waals surface area contributed by atoms with E-state index < -0.39 is 12.1 Å². The molecule has 3 heterocycles. The number of fused-ring (bicyclic) bond motifs is 7. The molecule has 0 spiro atoms. The third-order valence-corrected chi connectivity index (χ3v) is 7.78. The molecule has 0 bridgehead atoms. The monoisotopic (exact) mass is 522 g/mol. The summed E-state index contributed by atoms with van der Waals surface area (Å²) in [4.78, 5) is 45.2. The third kappa shape index (κ3) is 4.31. The van der Waals surface area contributed by atoms with Crippen molar-refractivity contribution in [2.24, 2.45) is 0 Å². The summed E-state index contributed by atoms with van der Waals surface area (Å²) >= 11 is 0. The Labute approximate surface area is 226 Å². The van der Waals surface area contributed by atoms with E-state index in [9.17, 15) is 14.4 Å². The fourth-order valence-electron chi connectivity index (χ4n) is 5.79. The Morgan fingerprint density at radius 3 is 2.59 bits per heavy atom. The number of aromatic nitrogens is 1. The van der Waals surface area contributed by atoms with E-state index in [0.717, 1.165) is 39.0 Å². The topological polar surface area (TPSA) is 104 Å². The molecule has 3 aromatic carbocycles. The maximum Gasteiger partial charge on any atom is 0.255 e. The number of hydrogen-bond acceptors (Lipinski definition) is 4. The predicted octanol–water partition coefficient (Wildman–Crippen LogP) is 3.51. The summed E-state index contributed by atoms with van der Waals surface area (Å²) in [5, 5.41) is 6.82. The molecule has 2 aliphatic rings. The molecule has 2 aliphatic heterocycles. The summed E-state index contributed by atoms with van der Waals surface area (Å²) in [6, 6.07) is 21.3. The van der Waals surface area contributed by atoms with Crippen LogP contribution in [0.2, 0.25) is 0 Å². The molecule has 1 aromatic heterocycles. The van der Waals surface area contributed by atoms with E-state index in [1.807, 2.05) is 72.8 Å². The van der Waals surface area contributed by atoms with Crippen LogP contribution in [0.4, 0.5) is 0 Å². The van der Waals surface area contributed by atoms with Gasteiger partial charge in [0.25, 0.3) is 5.91 Å². The van der Waals surface area contributed by atoms with Gasteiger partial charge in [-0.3, -0.25) is 14.4 Å². The number of carbonyl (C=O) groups is 3. The fourth-order valence-corrected chi connectivity index (χ4v) is 5.79. The second kappa shape index (κ2) is 9.94. The number of H-pyrrole nitrogens is 1. The van der Waals surface area contributed by atoms with Gasteiger partial charge in [-0.15, -0.1) is 0 Å². The Hall–Kier alpha value is -4.59. The molecule has 0 saturated heterocycles. The molecule has 0 radical (unpaired) electrons. The van der Waals surface area contributed by atoms with Crippen LogP contribution in [0.15, 0.2) is 72.8 Å². The quantitative estimate of drug-likeness (QED) is 0.346.